The van der Waals surface area contributed by atoms with Crippen molar-refractivity contribution in [2.75, 3.05) is 0 Å². The van der Waals surface area contributed by atoms with Crippen LogP contribution in [0.1, 0.15) is 51.9 Å². The van der Waals surface area contributed by atoms with E-state index >= 15 is 0 Å². The molecule has 0 saturated heterocycles. The third-order valence-corrected chi connectivity index (χ3v) is 5.40. The van der Waals surface area contributed by atoms with Gasteiger partial charge in [-0.3, -0.25) is 4.79 Å². The molecule has 0 spiro atoms. The maximum Gasteiger partial charge on any atom is 0.314 e. The minimum atomic E-state index is -0.247. The van der Waals surface area contributed by atoms with E-state index in [4.69, 9.17) is 4.74 Å². The van der Waals surface area contributed by atoms with Gasteiger partial charge in [-0.2, -0.15) is 0 Å². The Labute approximate surface area is 155 Å². The molecule has 0 heterocycles. The Kier molecular flexibility index (Phi) is 6.43. The van der Waals surface area contributed by atoms with Gasteiger partial charge in [0.2, 0.25) is 0 Å². The second-order valence-corrected chi connectivity index (χ2v) is 7.31. The lowest BCUT2D eigenvalue weighted by Crippen LogP contribution is -2.25. The zero-order chi connectivity index (χ0) is 18.4. The number of ether oxygens (including phenoxy) is 1. The molecule has 2 aromatic rings. The number of unbranched alkanes of at least 4 members (excludes halogenated alkanes) is 1. The van der Waals surface area contributed by atoms with Crippen molar-refractivity contribution in [3.8, 4) is 16.9 Å². The maximum absolute atomic E-state index is 13.0. The Hall–Kier alpha value is -2.16. The van der Waals surface area contributed by atoms with Crippen molar-refractivity contribution in [1.82, 2.24) is 0 Å². The standard InChI is InChI=1S/C23H27FO2/c1-2-3-4-17-5-7-20(8-6-17)23(25)26-22-15-11-19(12-16-22)18-9-13-21(24)14-10-18/h9-17,20H,2-8H2,1H3. The molecule has 2 nitrogen and oxygen atoms in total. The van der Waals surface area contributed by atoms with Crippen LogP contribution < -0.4 is 4.74 Å². The van der Waals surface area contributed by atoms with Crippen LogP contribution in [0.15, 0.2) is 48.5 Å². The molecule has 3 rings (SSSR count). The Bertz CT molecular complexity index is 698. The van der Waals surface area contributed by atoms with E-state index in [1.807, 2.05) is 24.3 Å². The molecule has 26 heavy (non-hydrogen) atoms. The van der Waals surface area contributed by atoms with Crippen LogP contribution in [0.2, 0.25) is 0 Å². The minimum absolute atomic E-state index is 0.0321. The van der Waals surface area contributed by atoms with Crippen LogP contribution in [0.5, 0.6) is 5.75 Å². The van der Waals surface area contributed by atoms with Crippen LogP contribution >= 0.6 is 0 Å². The first kappa shape index (κ1) is 18.6. The van der Waals surface area contributed by atoms with E-state index in [-0.39, 0.29) is 17.7 Å². The molecule has 2 aromatic carbocycles. The van der Waals surface area contributed by atoms with E-state index in [9.17, 15) is 9.18 Å². The fourth-order valence-electron chi connectivity index (χ4n) is 3.74. The average Bonchev–Trinajstić information content (AvgIpc) is 2.68. The summed E-state index contributed by atoms with van der Waals surface area (Å²) in [6.45, 7) is 2.23. The highest BCUT2D eigenvalue weighted by molar-refractivity contribution is 5.75. The Morgan fingerprint density at radius 1 is 0.962 bits per heavy atom. The molecule has 1 aliphatic rings. The molecule has 1 fully saturated rings. The highest BCUT2D eigenvalue weighted by atomic mass is 19.1. The number of esters is 1. The lowest BCUT2D eigenvalue weighted by molar-refractivity contribution is -0.140. The predicted molar refractivity (Wildman–Crippen MR) is 102 cm³/mol. The summed E-state index contributed by atoms with van der Waals surface area (Å²) in [5.41, 5.74) is 1.91. The molecule has 3 heteroatoms. The topological polar surface area (TPSA) is 26.3 Å². The molecule has 0 aromatic heterocycles. The summed E-state index contributed by atoms with van der Waals surface area (Å²) < 4.78 is 18.6. The molecule has 0 atom stereocenters. The number of halogens is 1. The minimum Gasteiger partial charge on any atom is -0.426 e. The molecular formula is C23H27FO2. The van der Waals surface area contributed by atoms with Gasteiger partial charge in [-0.1, -0.05) is 50.5 Å². The summed E-state index contributed by atoms with van der Waals surface area (Å²) in [4.78, 5) is 12.4. The molecule has 0 unspecified atom stereocenters. The third-order valence-electron chi connectivity index (χ3n) is 5.40. The number of hydrogen-bond acceptors (Lipinski definition) is 2. The van der Waals surface area contributed by atoms with Crippen molar-refractivity contribution >= 4 is 5.97 Å². The first-order valence-electron chi connectivity index (χ1n) is 9.73. The van der Waals surface area contributed by atoms with Crippen molar-refractivity contribution in [3.05, 3.63) is 54.3 Å². The quantitative estimate of drug-likeness (QED) is 0.443. The number of carbonyl (C=O) groups excluding carboxylic acids is 1. The molecule has 0 radical (unpaired) electrons. The van der Waals surface area contributed by atoms with Crippen molar-refractivity contribution < 1.29 is 13.9 Å². The lowest BCUT2D eigenvalue weighted by Gasteiger charge is -2.27. The molecule has 1 aliphatic carbocycles. The molecular weight excluding hydrogens is 327 g/mol. The summed E-state index contributed by atoms with van der Waals surface area (Å²) in [6.07, 6.45) is 8.01. The normalized spacial score (nSPS) is 19.9. The summed E-state index contributed by atoms with van der Waals surface area (Å²) in [5, 5.41) is 0. The highest BCUT2D eigenvalue weighted by Gasteiger charge is 2.27. The number of rotatable bonds is 6. The zero-order valence-corrected chi connectivity index (χ0v) is 15.4. The first-order valence-corrected chi connectivity index (χ1v) is 9.73. The maximum atomic E-state index is 13.0. The first-order chi connectivity index (χ1) is 12.7. The zero-order valence-electron chi connectivity index (χ0n) is 15.4. The molecule has 0 N–H and O–H groups in total. The summed E-state index contributed by atoms with van der Waals surface area (Å²) in [5.74, 6) is 1.05. The van der Waals surface area contributed by atoms with Crippen LogP contribution in [0.4, 0.5) is 4.39 Å². The molecule has 0 aliphatic heterocycles. The van der Waals surface area contributed by atoms with Gasteiger partial charge < -0.3 is 4.74 Å². The van der Waals surface area contributed by atoms with Gasteiger partial charge >= 0.3 is 5.97 Å². The van der Waals surface area contributed by atoms with E-state index in [2.05, 4.69) is 6.92 Å². The molecule has 0 amide bonds. The largest absolute Gasteiger partial charge is 0.426 e. The lowest BCUT2D eigenvalue weighted by atomic mass is 9.80. The molecule has 0 bridgehead atoms. The van der Waals surface area contributed by atoms with E-state index < -0.39 is 0 Å². The van der Waals surface area contributed by atoms with E-state index in [0.717, 1.165) is 42.7 Å². The SMILES string of the molecule is CCCCC1CCC(C(=O)Oc2ccc(-c3ccc(F)cc3)cc2)CC1. The third kappa shape index (κ3) is 4.94. The van der Waals surface area contributed by atoms with Gasteiger partial charge in [-0.25, -0.2) is 4.39 Å². The molecule has 138 valence electrons. The summed E-state index contributed by atoms with van der Waals surface area (Å²) in [7, 11) is 0. The van der Waals surface area contributed by atoms with E-state index in [1.165, 1.54) is 31.4 Å². The number of benzene rings is 2. The number of hydrogen-bond donors (Lipinski definition) is 0. The van der Waals surface area contributed by atoms with Gasteiger partial charge in [0, 0.05) is 0 Å². The Morgan fingerprint density at radius 2 is 1.54 bits per heavy atom. The fraction of sp³-hybridized carbons (Fsp3) is 0.435. The van der Waals surface area contributed by atoms with Gasteiger partial charge in [0.1, 0.15) is 11.6 Å². The second kappa shape index (κ2) is 8.98. The van der Waals surface area contributed by atoms with Crippen LogP contribution in [-0.4, -0.2) is 5.97 Å². The van der Waals surface area contributed by atoms with E-state index in [1.54, 1.807) is 12.1 Å². The summed E-state index contributed by atoms with van der Waals surface area (Å²) in [6, 6.07) is 13.8. The molecule has 1 saturated carbocycles. The van der Waals surface area contributed by atoms with Crippen molar-refractivity contribution in [3.63, 3.8) is 0 Å². The van der Waals surface area contributed by atoms with Crippen molar-refractivity contribution in [2.45, 2.75) is 51.9 Å². The van der Waals surface area contributed by atoms with Crippen molar-refractivity contribution in [1.29, 1.82) is 0 Å². The van der Waals surface area contributed by atoms with Crippen LogP contribution in [0.25, 0.3) is 11.1 Å². The van der Waals surface area contributed by atoms with Crippen LogP contribution in [0, 0.1) is 17.7 Å². The van der Waals surface area contributed by atoms with Gasteiger partial charge in [0.25, 0.3) is 0 Å². The van der Waals surface area contributed by atoms with Gasteiger partial charge in [0.15, 0.2) is 0 Å². The predicted octanol–water partition coefficient (Wildman–Crippen LogP) is 6.39. The van der Waals surface area contributed by atoms with Gasteiger partial charge in [0.05, 0.1) is 5.92 Å². The smallest absolute Gasteiger partial charge is 0.314 e. The van der Waals surface area contributed by atoms with Crippen LogP contribution in [-0.2, 0) is 4.79 Å². The van der Waals surface area contributed by atoms with Crippen molar-refractivity contribution in [2.24, 2.45) is 11.8 Å². The van der Waals surface area contributed by atoms with Gasteiger partial charge in [-0.05, 0) is 67.0 Å². The average molecular weight is 354 g/mol. The monoisotopic (exact) mass is 354 g/mol. The second-order valence-electron chi connectivity index (χ2n) is 7.31. The van der Waals surface area contributed by atoms with Crippen LogP contribution in [0.3, 0.4) is 0 Å². The Morgan fingerprint density at radius 3 is 2.12 bits per heavy atom. The highest BCUT2D eigenvalue weighted by Crippen LogP contribution is 2.33. The Balaban J connectivity index is 1.53. The van der Waals surface area contributed by atoms with E-state index in [0.29, 0.717) is 5.75 Å². The summed E-state index contributed by atoms with van der Waals surface area (Å²) >= 11 is 0. The number of carbonyl (C=O) groups is 1. The van der Waals surface area contributed by atoms with Gasteiger partial charge in [-0.15, -0.1) is 0 Å². The fourth-order valence-corrected chi connectivity index (χ4v) is 3.74.